The Morgan fingerprint density at radius 3 is 2.46 bits per heavy atom. The number of benzene rings is 2. The van der Waals surface area contributed by atoms with Crippen LogP contribution in [-0.2, 0) is 7.05 Å². The van der Waals surface area contributed by atoms with Gasteiger partial charge in [-0.15, -0.1) is 0 Å². The van der Waals surface area contributed by atoms with E-state index in [0.717, 1.165) is 35.5 Å². The van der Waals surface area contributed by atoms with E-state index in [2.05, 4.69) is 17.2 Å². The fourth-order valence-corrected chi connectivity index (χ4v) is 4.38. The highest BCUT2D eigenvalue weighted by molar-refractivity contribution is 5.97. The third-order valence-electron chi connectivity index (χ3n) is 6.70. The molecule has 0 aliphatic carbocycles. The van der Waals surface area contributed by atoms with Gasteiger partial charge in [0.05, 0.1) is 17.7 Å². The van der Waals surface area contributed by atoms with E-state index in [1.807, 2.05) is 73.4 Å². The second kappa shape index (κ2) is 14.3. The van der Waals surface area contributed by atoms with Gasteiger partial charge in [-0.1, -0.05) is 49.8 Å². The van der Waals surface area contributed by atoms with Gasteiger partial charge >= 0.3 is 0 Å². The SMILES string of the molecule is CCC/C=c1/c(=C\N=C(C)Nc2cc([N+](=O)[O-])c(N(C)CCN(C)C)cc2OC)cc(-c2ccccc2)c(=O)n1C. The molecule has 10 nitrogen and oxygen atoms in total. The smallest absolute Gasteiger partial charge is 0.294 e. The van der Waals surface area contributed by atoms with Crippen molar-refractivity contribution < 1.29 is 9.66 Å². The molecule has 0 radical (unpaired) electrons. The van der Waals surface area contributed by atoms with Crippen LogP contribution in [0.2, 0.25) is 0 Å². The summed E-state index contributed by atoms with van der Waals surface area (Å²) >= 11 is 0. The van der Waals surface area contributed by atoms with E-state index in [-0.39, 0.29) is 11.2 Å². The number of nitrogens with one attached hydrogen (secondary N) is 1. The molecule has 2 aromatic carbocycles. The molecule has 1 aromatic heterocycles. The van der Waals surface area contributed by atoms with Crippen LogP contribution in [0.1, 0.15) is 26.7 Å². The predicted octanol–water partition coefficient (Wildman–Crippen LogP) is 3.82. The van der Waals surface area contributed by atoms with Crippen molar-refractivity contribution in [2.75, 3.05) is 51.6 Å². The molecular formula is C31H40N6O4. The average molecular weight is 561 g/mol. The summed E-state index contributed by atoms with van der Waals surface area (Å²) < 4.78 is 7.24. The highest BCUT2D eigenvalue weighted by atomic mass is 16.6. The quantitative estimate of drug-likeness (QED) is 0.165. The number of hydrogen-bond donors (Lipinski definition) is 1. The number of nitro groups is 1. The molecule has 218 valence electrons. The van der Waals surface area contributed by atoms with Gasteiger partial charge in [-0.2, -0.15) is 0 Å². The normalized spacial score (nSPS) is 12.6. The highest BCUT2D eigenvalue weighted by Gasteiger charge is 2.22. The molecule has 0 spiro atoms. The van der Waals surface area contributed by atoms with E-state index < -0.39 is 4.92 Å². The maximum atomic E-state index is 13.2. The number of nitrogens with zero attached hydrogens (tertiary/aromatic N) is 5. The van der Waals surface area contributed by atoms with Crippen LogP contribution >= 0.6 is 0 Å². The fraction of sp³-hybridized carbons (Fsp3) is 0.355. The number of likely N-dealkylation sites (N-methyl/N-ethyl adjacent to an activating group) is 2. The van der Waals surface area contributed by atoms with Crippen LogP contribution in [-0.4, -0.2) is 61.6 Å². The monoisotopic (exact) mass is 560 g/mol. The molecule has 0 saturated carbocycles. The maximum Gasteiger partial charge on any atom is 0.294 e. The Kier molecular flexibility index (Phi) is 10.8. The number of ether oxygens (including phenoxy) is 1. The lowest BCUT2D eigenvalue weighted by Gasteiger charge is -2.22. The summed E-state index contributed by atoms with van der Waals surface area (Å²) in [5, 5.41) is 16.7. The van der Waals surface area contributed by atoms with E-state index in [4.69, 9.17) is 4.74 Å². The molecule has 0 unspecified atom stereocenters. The number of amidine groups is 1. The molecule has 0 saturated heterocycles. The minimum Gasteiger partial charge on any atom is -0.494 e. The summed E-state index contributed by atoms with van der Waals surface area (Å²) in [6.07, 6.45) is 5.50. The first-order chi connectivity index (χ1) is 19.6. The van der Waals surface area contributed by atoms with Gasteiger partial charge in [-0.3, -0.25) is 14.9 Å². The van der Waals surface area contributed by atoms with Crippen molar-refractivity contribution in [2.24, 2.45) is 12.0 Å². The first-order valence-electron chi connectivity index (χ1n) is 13.6. The second-order valence-electron chi connectivity index (χ2n) is 10.1. The first-order valence-corrected chi connectivity index (χ1v) is 13.6. The lowest BCUT2D eigenvalue weighted by molar-refractivity contribution is -0.384. The zero-order valence-electron chi connectivity index (χ0n) is 25.0. The minimum atomic E-state index is -0.393. The van der Waals surface area contributed by atoms with Crippen LogP contribution in [0.3, 0.4) is 0 Å². The summed E-state index contributed by atoms with van der Waals surface area (Å²) in [6.45, 7) is 5.21. The Hall–Kier alpha value is -4.44. The summed E-state index contributed by atoms with van der Waals surface area (Å²) in [5.74, 6) is 0.963. The molecule has 41 heavy (non-hydrogen) atoms. The topological polar surface area (TPSA) is 105 Å². The van der Waals surface area contributed by atoms with Crippen LogP contribution in [0, 0.1) is 10.1 Å². The Morgan fingerprint density at radius 2 is 1.85 bits per heavy atom. The molecule has 10 heteroatoms. The highest BCUT2D eigenvalue weighted by Crippen LogP contribution is 2.38. The molecule has 1 N–H and O–H groups in total. The number of anilines is 2. The van der Waals surface area contributed by atoms with Crippen LogP contribution in [0.5, 0.6) is 5.75 Å². The average Bonchev–Trinajstić information content (AvgIpc) is 2.96. The van der Waals surface area contributed by atoms with E-state index >= 15 is 0 Å². The van der Waals surface area contributed by atoms with Gasteiger partial charge < -0.3 is 24.4 Å². The van der Waals surface area contributed by atoms with Crippen molar-refractivity contribution in [3.63, 3.8) is 0 Å². The number of hydrogen-bond acceptors (Lipinski definition) is 7. The van der Waals surface area contributed by atoms with Crippen molar-refractivity contribution in [2.45, 2.75) is 26.7 Å². The number of unbranched alkanes of at least 4 members (excludes halogenated alkanes) is 1. The number of rotatable bonds is 11. The molecule has 3 rings (SSSR count). The van der Waals surface area contributed by atoms with Gasteiger partial charge in [0.15, 0.2) is 0 Å². The minimum absolute atomic E-state index is 0.0339. The standard InChI is InChI=1S/C31H40N6O4/c1-8-9-15-27-24(18-25(31(38)36(27)6)23-13-11-10-12-14-23)21-32-22(2)33-26-19-29(37(39)40)28(20-30(26)41-7)35(5)17-16-34(3)4/h10-15,18-21H,8-9,16-17H2,1-7H3,(H,32,33)/b24-21-,27-15-. The number of methoxy groups -OCH3 is 1. The third kappa shape index (κ3) is 7.82. The molecule has 1 heterocycles. The van der Waals surface area contributed by atoms with Crippen LogP contribution in [0.4, 0.5) is 17.1 Å². The Bertz CT molecular complexity index is 1580. The van der Waals surface area contributed by atoms with Gasteiger partial charge in [-0.25, -0.2) is 4.99 Å². The maximum absolute atomic E-state index is 13.2. The molecule has 0 atom stereocenters. The lowest BCUT2D eigenvalue weighted by Crippen LogP contribution is -2.42. The van der Waals surface area contributed by atoms with Crippen molar-refractivity contribution in [3.05, 3.63) is 79.6 Å². The number of pyridine rings is 1. The second-order valence-corrected chi connectivity index (χ2v) is 10.1. The number of aliphatic imine (C=N–C) groups is 1. The molecular weight excluding hydrogens is 520 g/mol. The molecule has 0 aliphatic rings. The molecule has 0 fully saturated rings. The van der Waals surface area contributed by atoms with Crippen molar-refractivity contribution in [3.8, 4) is 16.9 Å². The van der Waals surface area contributed by atoms with E-state index in [1.165, 1.54) is 13.2 Å². The van der Waals surface area contributed by atoms with Crippen molar-refractivity contribution >= 4 is 35.2 Å². The zero-order chi connectivity index (χ0) is 30.1. The zero-order valence-corrected chi connectivity index (χ0v) is 25.0. The lowest BCUT2D eigenvalue weighted by atomic mass is 10.1. The third-order valence-corrected chi connectivity index (χ3v) is 6.70. The van der Waals surface area contributed by atoms with Gasteiger partial charge in [0.1, 0.15) is 17.3 Å². The van der Waals surface area contributed by atoms with Gasteiger partial charge in [0.25, 0.3) is 11.2 Å². The molecule has 0 amide bonds. The van der Waals surface area contributed by atoms with E-state index in [9.17, 15) is 14.9 Å². The summed E-state index contributed by atoms with van der Waals surface area (Å²) in [5.41, 5.74) is 2.20. The van der Waals surface area contributed by atoms with Crippen LogP contribution in [0.15, 0.2) is 58.3 Å². The van der Waals surface area contributed by atoms with E-state index in [0.29, 0.717) is 35.1 Å². The fourth-order valence-electron chi connectivity index (χ4n) is 4.38. The van der Waals surface area contributed by atoms with Crippen LogP contribution in [0.25, 0.3) is 23.4 Å². The molecule has 3 aromatic rings. The number of nitro benzene ring substituents is 1. The van der Waals surface area contributed by atoms with Gasteiger partial charge in [0.2, 0.25) is 0 Å². The summed E-state index contributed by atoms with van der Waals surface area (Å²) in [4.78, 5) is 33.3. The summed E-state index contributed by atoms with van der Waals surface area (Å²) in [7, 11) is 9.03. The van der Waals surface area contributed by atoms with E-state index in [1.54, 1.807) is 30.8 Å². The Labute approximate surface area is 241 Å². The van der Waals surface area contributed by atoms with Crippen molar-refractivity contribution in [1.29, 1.82) is 0 Å². The Balaban J connectivity index is 2.07. The Morgan fingerprint density at radius 1 is 1.15 bits per heavy atom. The largest absolute Gasteiger partial charge is 0.494 e. The first kappa shape index (κ1) is 31.1. The molecule has 0 bridgehead atoms. The molecule has 0 aliphatic heterocycles. The predicted molar refractivity (Wildman–Crippen MR) is 168 cm³/mol. The number of aromatic nitrogens is 1. The van der Waals surface area contributed by atoms with Gasteiger partial charge in [0, 0.05) is 61.6 Å². The van der Waals surface area contributed by atoms with Gasteiger partial charge in [-0.05, 0) is 39.1 Å². The van der Waals surface area contributed by atoms with Crippen molar-refractivity contribution in [1.82, 2.24) is 9.47 Å². The van der Waals surface area contributed by atoms with Crippen LogP contribution < -0.4 is 31.1 Å². The summed E-state index contributed by atoms with van der Waals surface area (Å²) in [6, 6.07) is 14.5.